The van der Waals surface area contributed by atoms with Crippen LogP contribution in [0.25, 0.3) is 0 Å². The van der Waals surface area contributed by atoms with E-state index in [2.05, 4.69) is 6.42 Å². The molecule has 2 fully saturated rings. The maximum absolute atomic E-state index is 10.5. The van der Waals surface area contributed by atoms with Crippen molar-refractivity contribution in [1.29, 1.82) is 0 Å². The summed E-state index contributed by atoms with van der Waals surface area (Å²) in [6.45, 7) is 0. The second-order valence-electron chi connectivity index (χ2n) is 5.39. The molecule has 0 aromatic carbocycles. The van der Waals surface area contributed by atoms with Crippen LogP contribution in [0.3, 0.4) is 0 Å². The molecule has 0 heterocycles. The van der Waals surface area contributed by atoms with Gasteiger partial charge in [0.2, 0.25) is 0 Å². The largest absolute Gasteiger partial charge is 1.00 e. The summed E-state index contributed by atoms with van der Waals surface area (Å²) in [5.74, 6) is 2.71. The van der Waals surface area contributed by atoms with Crippen molar-refractivity contribution >= 4 is 6.29 Å². The average molecular weight is 293 g/mol. The van der Waals surface area contributed by atoms with Gasteiger partial charge >= 0.3 is 58.2 Å². The molecule has 0 unspecified atom stereocenters. The van der Waals surface area contributed by atoms with Crippen LogP contribution in [-0.4, -0.2) is 6.29 Å². The monoisotopic (exact) mass is 292 g/mol. The van der Waals surface area contributed by atoms with Crippen LogP contribution in [0.5, 0.6) is 0 Å². The predicted molar refractivity (Wildman–Crippen MR) is 62.4 cm³/mol. The van der Waals surface area contributed by atoms with Gasteiger partial charge in [0.25, 0.3) is 0 Å². The molecular formula is C14H23ORb. The molecule has 0 N–H and O–H groups in total. The minimum Gasteiger partial charge on any atom is -0.328 e. The molecule has 0 aliphatic heterocycles. The van der Waals surface area contributed by atoms with Crippen LogP contribution >= 0.6 is 0 Å². The molecule has 0 amide bonds. The van der Waals surface area contributed by atoms with E-state index < -0.39 is 0 Å². The summed E-state index contributed by atoms with van der Waals surface area (Å²) in [4.78, 5) is 10.5. The third-order valence-corrected chi connectivity index (χ3v) is 4.47. The van der Waals surface area contributed by atoms with Gasteiger partial charge in [0.05, 0.1) is 0 Å². The summed E-state index contributed by atoms with van der Waals surface area (Å²) in [6.07, 6.45) is 15.3. The van der Waals surface area contributed by atoms with Crippen molar-refractivity contribution in [2.24, 2.45) is 17.8 Å². The van der Waals surface area contributed by atoms with E-state index in [9.17, 15) is 4.79 Å². The van der Waals surface area contributed by atoms with Crippen LogP contribution in [0, 0.1) is 24.2 Å². The second kappa shape index (κ2) is 8.56. The zero-order valence-corrected chi connectivity index (χ0v) is 15.6. The van der Waals surface area contributed by atoms with Crippen molar-refractivity contribution in [3.8, 4) is 0 Å². The Morgan fingerprint density at radius 2 is 1.50 bits per heavy atom. The van der Waals surface area contributed by atoms with Crippen molar-refractivity contribution in [3.63, 3.8) is 0 Å². The van der Waals surface area contributed by atoms with Gasteiger partial charge in [-0.2, -0.15) is 12.8 Å². The van der Waals surface area contributed by atoms with E-state index in [1.54, 1.807) is 0 Å². The van der Waals surface area contributed by atoms with Gasteiger partial charge in [-0.05, 0) is 43.4 Å². The minimum atomic E-state index is 0. The number of carbonyl (C=O) groups is 1. The van der Waals surface area contributed by atoms with Crippen molar-refractivity contribution in [2.75, 3.05) is 0 Å². The van der Waals surface area contributed by atoms with Crippen LogP contribution < -0.4 is 58.2 Å². The minimum absolute atomic E-state index is 0. The molecule has 86 valence electrons. The summed E-state index contributed by atoms with van der Waals surface area (Å²) in [6, 6.07) is 0. The van der Waals surface area contributed by atoms with Gasteiger partial charge < -0.3 is 11.2 Å². The third kappa shape index (κ3) is 4.63. The first-order chi connectivity index (χ1) is 7.40. The molecule has 0 radical (unpaired) electrons. The van der Waals surface area contributed by atoms with Gasteiger partial charge in [-0.25, -0.2) is 0 Å². The molecule has 0 saturated heterocycles. The molecule has 16 heavy (non-hydrogen) atoms. The fourth-order valence-electron chi connectivity index (χ4n) is 3.46. The summed E-state index contributed by atoms with van der Waals surface area (Å²) >= 11 is 0. The number of aldehydes is 1. The van der Waals surface area contributed by atoms with Crippen molar-refractivity contribution in [1.82, 2.24) is 0 Å². The van der Waals surface area contributed by atoms with Gasteiger partial charge in [0, 0.05) is 6.42 Å². The van der Waals surface area contributed by atoms with E-state index in [-0.39, 0.29) is 58.2 Å². The quantitative estimate of drug-likeness (QED) is 0.555. The van der Waals surface area contributed by atoms with Gasteiger partial charge in [0.1, 0.15) is 6.29 Å². The molecule has 2 saturated carbocycles. The zero-order valence-electron chi connectivity index (χ0n) is 10.7. The third-order valence-electron chi connectivity index (χ3n) is 4.47. The van der Waals surface area contributed by atoms with E-state index in [4.69, 9.17) is 0 Å². The number of hydrogen-bond donors (Lipinski definition) is 0. The average Bonchev–Trinajstić information content (AvgIpc) is 2.32. The molecule has 2 aliphatic carbocycles. The van der Waals surface area contributed by atoms with E-state index >= 15 is 0 Å². The van der Waals surface area contributed by atoms with Gasteiger partial charge in [0.15, 0.2) is 0 Å². The molecular weight excluding hydrogens is 270 g/mol. The molecule has 1 nitrogen and oxygen atoms in total. The molecule has 0 aromatic rings. The van der Waals surface area contributed by atoms with Crippen LogP contribution in [0.1, 0.15) is 57.8 Å². The Morgan fingerprint density at radius 1 is 0.938 bits per heavy atom. The fraction of sp³-hybridized carbons (Fsp3) is 0.857. The maximum atomic E-state index is 10.5. The van der Waals surface area contributed by atoms with E-state index in [1.807, 2.05) is 0 Å². The predicted octanol–water partition coefficient (Wildman–Crippen LogP) is 0.780. The maximum Gasteiger partial charge on any atom is 1.00 e. The molecule has 0 aromatic heterocycles. The molecule has 2 heteroatoms. The Bertz CT molecular complexity index is 191. The Morgan fingerprint density at radius 3 is 2.06 bits per heavy atom. The number of hydrogen-bond acceptors (Lipinski definition) is 1. The fourth-order valence-corrected chi connectivity index (χ4v) is 3.46. The second-order valence-corrected chi connectivity index (χ2v) is 5.39. The SMILES string of the molecule is O=CCC1CCC(C2CC[CH-]CC2)CC1.[Rb+]. The molecule has 0 atom stereocenters. The standard InChI is InChI=1S/C14H23O.Rb/c15-11-10-12-6-8-14(9-7-12)13-4-2-1-3-5-13;/h1,11-14H,2-10H2;/q-1;+1. The van der Waals surface area contributed by atoms with Crippen molar-refractivity contribution in [2.45, 2.75) is 57.8 Å². The molecule has 2 aliphatic rings. The Kier molecular flexibility index (Phi) is 8.31. The van der Waals surface area contributed by atoms with Gasteiger partial charge in [-0.3, -0.25) is 0 Å². The van der Waals surface area contributed by atoms with E-state index in [0.717, 1.165) is 24.5 Å². The van der Waals surface area contributed by atoms with Crippen LogP contribution in [0.4, 0.5) is 0 Å². The Hall–Kier alpha value is 1.48. The molecule has 0 bridgehead atoms. The summed E-state index contributed by atoms with van der Waals surface area (Å²) < 4.78 is 0. The number of carbonyl (C=O) groups excluding carboxylic acids is 1. The van der Waals surface area contributed by atoms with Crippen molar-refractivity contribution in [3.05, 3.63) is 6.42 Å². The Balaban J connectivity index is 0.00000128. The van der Waals surface area contributed by atoms with Gasteiger partial charge in [-0.1, -0.05) is 12.8 Å². The summed E-state index contributed by atoms with van der Waals surface area (Å²) in [5.41, 5.74) is 0. The van der Waals surface area contributed by atoms with E-state index in [1.165, 1.54) is 51.4 Å². The Labute approximate surface area is 149 Å². The van der Waals surface area contributed by atoms with Crippen molar-refractivity contribution < 1.29 is 63.0 Å². The van der Waals surface area contributed by atoms with Crippen LogP contribution in [0.15, 0.2) is 0 Å². The first kappa shape index (κ1) is 15.5. The van der Waals surface area contributed by atoms with E-state index in [0.29, 0.717) is 5.92 Å². The first-order valence-corrected chi connectivity index (χ1v) is 6.65. The summed E-state index contributed by atoms with van der Waals surface area (Å²) in [5, 5.41) is 0. The first-order valence-electron chi connectivity index (χ1n) is 6.65. The van der Waals surface area contributed by atoms with Crippen LogP contribution in [0.2, 0.25) is 0 Å². The zero-order chi connectivity index (χ0) is 10.5. The smallest absolute Gasteiger partial charge is 0.328 e. The topological polar surface area (TPSA) is 17.1 Å². The summed E-state index contributed by atoms with van der Waals surface area (Å²) in [7, 11) is 0. The van der Waals surface area contributed by atoms with Gasteiger partial charge in [-0.15, -0.1) is 0 Å². The number of rotatable bonds is 3. The molecule has 0 spiro atoms. The molecule has 2 rings (SSSR count). The van der Waals surface area contributed by atoms with Crippen LogP contribution in [-0.2, 0) is 4.79 Å². The normalized spacial score (nSPS) is 31.8.